The van der Waals surface area contributed by atoms with E-state index in [1.54, 1.807) is 6.92 Å². The lowest BCUT2D eigenvalue weighted by molar-refractivity contribution is 0.413. The van der Waals surface area contributed by atoms with Crippen LogP contribution in [0, 0.1) is 0 Å². The van der Waals surface area contributed by atoms with Crippen molar-refractivity contribution in [1.29, 1.82) is 0 Å². The SMILES string of the molecule is CCCC(C)(N)CCS(=O)(=O)CC. The van der Waals surface area contributed by atoms with Gasteiger partial charge in [-0.25, -0.2) is 8.42 Å². The van der Waals surface area contributed by atoms with Crippen molar-refractivity contribution in [3.8, 4) is 0 Å². The van der Waals surface area contributed by atoms with E-state index in [4.69, 9.17) is 5.73 Å². The molecular weight excluding hydrogens is 186 g/mol. The Labute approximate surface area is 81.6 Å². The van der Waals surface area contributed by atoms with Crippen molar-refractivity contribution in [2.24, 2.45) is 5.73 Å². The van der Waals surface area contributed by atoms with Gasteiger partial charge in [0.1, 0.15) is 9.84 Å². The molecule has 0 saturated heterocycles. The van der Waals surface area contributed by atoms with Crippen LogP contribution in [0.2, 0.25) is 0 Å². The Bertz CT molecular complexity index is 232. The quantitative estimate of drug-likeness (QED) is 0.714. The van der Waals surface area contributed by atoms with Crippen molar-refractivity contribution in [1.82, 2.24) is 0 Å². The summed E-state index contributed by atoms with van der Waals surface area (Å²) < 4.78 is 22.4. The molecule has 2 N–H and O–H groups in total. The molecule has 13 heavy (non-hydrogen) atoms. The molecule has 80 valence electrons. The maximum Gasteiger partial charge on any atom is 0.150 e. The van der Waals surface area contributed by atoms with Crippen LogP contribution in [0.15, 0.2) is 0 Å². The van der Waals surface area contributed by atoms with Gasteiger partial charge in [-0.2, -0.15) is 0 Å². The molecule has 1 unspecified atom stereocenters. The highest BCUT2D eigenvalue weighted by Gasteiger charge is 2.20. The predicted molar refractivity (Wildman–Crippen MR) is 56.4 cm³/mol. The minimum Gasteiger partial charge on any atom is -0.325 e. The average molecular weight is 207 g/mol. The Kier molecular flexibility index (Phi) is 4.92. The third-order valence-electron chi connectivity index (χ3n) is 2.25. The van der Waals surface area contributed by atoms with E-state index in [9.17, 15) is 8.42 Å². The molecule has 0 radical (unpaired) electrons. The van der Waals surface area contributed by atoms with E-state index in [0.29, 0.717) is 6.42 Å². The molecule has 1 atom stereocenters. The molecule has 0 aliphatic rings. The van der Waals surface area contributed by atoms with Crippen LogP contribution >= 0.6 is 0 Å². The summed E-state index contributed by atoms with van der Waals surface area (Å²) in [7, 11) is -2.85. The molecule has 0 bridgehead atoms. The van der Waals surface area contributed by atoms with Gasteiger partial charge in [-0.15, -0.1) is 0 Å². The topological polar surface area (TPSA) is 60.2 Å². The molecule has 0 fully saturated rings. The molecule has 4 heteroatoms. The summed E-state index contributed by atoms with van der Waals surface area (Å²) in [5.74, 6) is 0.436. The van der Waals surface area contributed by atoms with Crippen molar-refractivity contribution < 1.29 is 8.42 Å². The second kappa shape index (κ2) is 4.96. The first-order valence-electron chi connectivity index (χ1n) is 4.82. The lowest BCUT2D eigenvalue weighted by Gasteiger charge is -2.23. The number of sulfone groups is 1. The fourth-order valence-corrected chi connectivity index (χ4v) is 2.30. The van der Waals surface area contributed by atoms with Crippen molar-refractivity contribution in [3.05, 3.63) is 0 Å². The van der Waals surface area contributed by atoms with Gasteiger partial charge in [0.2, 0.25) is 0 Å². The van der Waals surface area contributed by atoms with E-state index in [1.807, 2.05) is 6.92 Å². The van der Waals surface area contributed by atoms with Gasteiger partial charge in [0.25, 0.3) is 0 Å². The average Bonchev–Trinajstić information content (AvgIpc) is 2.02. The zero-order chi connectivity index (χ0) is 10.5. The van der Waals surface area contributed by atoms with Crippen LogP contribution in [0.5, 0.6) is 0 Å². The first kappa shape index (κ1) is 12.9. The molecular formula is C9H21NO2S. The van der Waals surface area contributed by atoms with Gasteiger partial charge in [0.15, 0.2) is 0 Å². The summed E-state index contributed by atoms with van der Waals surface area (Å²) in [6.45, 7) is 5.64. The van der Waals surface area contributed by atoms with Gasteiger partial charge in [-0.05, 0) is 19.8 Å². The van der Waals surface area contributed by atoms with E-state index in [0.717, 1.165) is 12.8 Å². The molecule has 0 aromatic rings. The second-order valence-corrected chi connectivity index (χ2v) is 6.36. The van der Waals surface area contributed by atoms with Gasteiger partial charge in [-0.3, -0.25) is 0 Å². The third kappa shape index (κ3) is 6.05. The van der Waals surface area contributed by atoms with Crippen LogP contribution in [0.1, 0.15) is 40.0 Å². The Morgan fingerprint density at radius 1 is 1.23 bits per heavy atom. The minimum absolute atomic E-state index is 0.217. The fraction of sp³-hybridized carbons (Fsp3) is 1.00. The third-order valence-corrected chi connectivity index (χ3v) is 3.95. The summed E-state index contributed by atoms with van der Waals surface area (Å²) in [6, 6.07) is 0. The van der Waals surface area contributed by atoms with E-state index in [-0.39, 0.29) is 17.0 Å². The van der Waals surface area contributed by atoms with Crippen molar-refractivity contribution in [3.63, 3.8) is 0 Å². The molecule has 0 heterocycles. The largest absolute Gasteiger partial charge is 0.325 e. The molecule has 0 spiro atoms. The summed E-state index contributed by atoms with van der Waals surface area (Å²) in [5.41, 5.74) is 5.60. The second-order valence-electron chi connectivity index (χ2n) is 3.89. The first-order valence-corrected chi connectivity index (χ1v) is 6.64. The van der Waals surface area contributed by atoms with E-state index in [2.05, 4.69) is 6.92 Å². The van der Waals surface area contributed by atoms with Gasteiger partial charge >= 0.3 is 0 Å². The number of hydrogen-bond acceptors (Lipinski definition) is 3. The summed E-state index contributed by atoms with van der Waals surface area (Å²) in [4.78, 5) is 0. The predicted octanol–water partition coefficient (Wildman–Crippen LogP) is 1.33. The number of nitrogens with two attached hydrogens (primary N) is 1. The van der Waals surface area contributed by atoms with Crippen LogP contribution in [0.3, 0.4) is 0 Å². The van der Waals surface area contributed by atoms with Crippen molar-refractivity contribution in [2.45, 2.75) is 45.6 Å². The molecule has 0 rings (SSSR count). The zero-order valence-corrected chi connectivity index (χ0v) is 9.65. The Morgan fingerprint density at radius 3 is 2.15 bits per heavy atom. The summed E-state index contributed by atoms with van der Waals surface area (Å²) in [6.07, 6.45) is 2.45. The molecule has 3 nitrogen and oxygen atoms in total. The standard InChI is InChI=1S/C9H21NO2S/c1-4-6-9(3,10)7-8-13(11,12)5-2/h4-8,10H2,1-3H3. The van der Waals surface area contributed by atoms with Gasteiger partial charge in [0, 0.05) is 11.3 Å². The smallest absolute Gasteiger partial charge is 0.150 e. The highest BCUT2D eigenvalue weighted by Crippen LogP contribution is 2.14. The Hall–Kier alpha value is -0.0900. The van der Waals surface area contributed by atoms with Crippen LogP contribution in [0.4, 0.5) is 0 Å². The van der Waals surface area contributed by atoms with Gasteiger partial charge in [-0.1, -0.05) is 20.3 Å². The molecule has 0 saturated carbocycles. The lowest BCUT2D eigenvalue weighted by atomic mass is 9.95. The van der Waals surface area contributed by atoms with Crippen LogP contribution in [-0.2, 0) is 9.84 Å². The number of hydrogen-bond donors (Lipinski definition) is 1. The summed E-state index contributed by atoms with van der Waals surface area (Å²) >= 11 is 0. The fourth-order valence-electron chi connectivity index (χ4n) is 1.23. The zero-order valence-electron chi connectivity index (χ0n) is 8.84. The maximum absolute atomic E-state index is 11.2. The van der Waals surface area contributed by atoms with Crippen LogP contribution in [-0.4, -0.2) is 25.5 Å². The highest BCUT2D eigenvalue weighted by atomic mass is 32.2. The Morgan fingerprint density at radius 2 is 1.77 bits per heavy atom. The lowest BCUT2D eigenvalue weighted by Crippen LogP contribution is -2.38. The van der Waals surface area contributed by atoms with E-state index >= 15 is 0 Å². The maximum atomic E-state index is 11.2. The number of rotatable bonds is 6. The van der Waals surface area contributed by atoms with Crippen molar-refractivity contribution >= 4 is 9.84 Å². The monoisotopic (exact) mass is 207 g/mol. The van der Waals surface area contributed by atoms with E-state index < -0.39 is 9.84 Å². The summed E-state index contributed by atoms with van der Waals surface area (Å²) in [5, 5.41) is 0. The van der Waals surface area contributed by atoms with Crippen LogP contribution < -0.4 is 5.73 Å². The molecule has 0 aliphatic carbocycles. The van der Waals surface area contributed by atoms with Gasteiger partial charge in [0.05, 0.1) is 5.75 Å². The molecule has 0 aromatic carbocycles. The molecule has 0 amide bonds. The van der Waals surface area contributed by atoms with E-state index in [1.165, 1.54) is 0 Å². The first-order chi connectivity index (χ1) is 5.83. The minimum atomic E-state index is -2.85. The molecule has 0 aliphatic heterocycles. The van der Waals surface area contributed by atoms with Crippen molar-refractivity contribution in [2.75, 3.05) is 11.5 Å². The Balaban J connectivity index is 4.01. The highest BCUT2D eigenvalue weighted by molar-refractivity contribution is 7.91. The van der Waals surface area contributed by atoms with Crippen LogP contribution in [0.25, 0.3) is 0 Å². The van der Waals surface area contributed by atoms with Gasteiger partial charge < -0.3 is 5.73 Å². The normalized spacial score (nSPS) is 16.9. The molecule has 0 aromatic heterocycles.